The Morgan fingerprint density at radius 3 is 2.39 bits per heavy atom. The Morgan fingerprint density at radius 2 is 1.76 bits per heavy atom. The predicted molar refractivity (Wildman–Crippen MR) is 124 cm³/mol. The number of methoxy groups -OCH3 is 2. The standard InChI is InChI=1S/C23H24ClN3O6/c1-13(2)11-27-22(29)15-8-6-5-7-14(15)21(26-27)23(30)33-12-20(28)25-17-9-16(24)18(31-3)10-19(17)32-4/h5-10,13H,11-12H2,1-4H3,(H,25,28). The average Bonchev–Trinajstić information content (AvgIpc) is 2.79. The maximum absolute atomic E-state index is 12.8. The van der Waals surface area contributed by atoms with Gasteiger partial charge in [0.25, 0.3) is 11.5 Å². The van der Waals surface area contributed by atoms with Gasteiger partial charge in [0.1, 0.15) is 11.5 Å². The fourth-order valence-electron chi connectivity index (χ4n) is 3.20. The molecular formula is C23H24ClN3O6. The molecule has 0 bridgehead atoms. The first-order valence-electron chi connectivity index (χ1n) is 10.1. The summed E-state index contributed by atoms with van der Waals surface area (Å²) >= 11 is 6.12. The molecule has 1 amide bonds. The fraction of sp³-hybridized carbons (Fsp3) is 0.304. The second-order valence-electron chi connectivity index (χ2n) is 7.59. The SMILES string of the molecule is COc1cc(OC)c(NC(=O)COC(=O)c2nn(CC(C)C)c(=O)c3ccccc23)cc1Cl. The van der Waals surface area contributed by atoms with Crippen LogP contribution in [0.25, 0.3) is 10.8 Å². The molecule has 0 fully saturated rings. The highest BCUT2D eigenvalue weighted by molar-refractivity contribution is 6.32. The zero-order valence-electron chi connectivity index (χ0n) is 18.7. The monoisotopic (exact) mass is 473 g/mol. The van der Waals surface area contributed by atoms with Gasteiger partial charge in [0.2, 0.25) is 0 Å². The van der Waals surface area contributed by atoms with E-state index in [0.717, 1.165) is 0 Å². The third-order valence-electron chi connectivity index (χ3n) is 4.68. The number of nitrogens with one attached hydrogen (secondary N) is 1. The van der Waals surface area contributed by atoms with Crippen molar-refractivity contribution in [2.75, 3.05) is 26.1 Å². The molecule has 1 N–H and O–H groups in total. The summed E-state index contributed by atoms with van der Waals surface area (Å²) in [7, 11) is 2.89. The normalized spacial score (nSPS) is 10.8. The number of amides is 1. The van der Waals surface area contributed by atoms with E-state index >= 15 is 0 Å². The molecule has 10 heteroatoms. The quantitative estimate of drug-likeness (QED) is 0.498. The van der Waals surface area contributed by atoms with Crippen LogP contribution in [0, 0.1) is 5.92 Å². The maximum atomic E-state index is 12.8. The summed E-state index contributed by atoms with van der Waals surface area (Å²) in [5.74, 6) is -0.588. The van der Waals surface area contributed by atoms with Crippen LogP contribution in [0.4, 0.5) is 5.69 Å². The number of aromatic nitrogens is 2. The van der Waals surface area contributed by atoms with E-state index in [4.69, 9.17) is 25.8 Å². The summed E-state index contributed by atoms with van der Waals surface area (Å²) in [6.07, 6.45) is 0. The molecule has 0 saturated carbocycles. The van der Waals surface area contributed by atoms with Crippen molar-refractivity contribution in [3.8, 4) is 11.5 Å². The zero-order chi connectivity index (χ0) is 24.1. The van der Waals surface area contributed by atoms with E-state index < -0.39 is 18.5 Å². The predicted octanol–water partition coefficient (Wildman–Crippen LogP) is 3.52. The number of esters is 1. The number of nitrogens with zero attached hydrogens (tertiary/aromatic N) is 2. The van der Waals surface area contributed by atoms with E-state index in [1.807, 2.05) is 13.8 Å². The molecule has 3 rings (SSSR count). The number of carbonyl (C=O) groups excluding carboxylic acids is 2. The Balaban J connectivity index is 1.80. The minimum atomic E-state index is -0.821. The van der Waals surface area contributed by atoms with Crippen LogP contribution >= 0.6 is 11.6 Å². The van der Waals surface area contributed by atoms with Gasteiger partial charge in [-0.2, -0.15) is 5.10 Å². The molecule has 0 aliphatic heterocycles. The van der Waals surface area contributed by atoms with Crippen molar-refractivity contribution in [3.05, 3.63) is 57.5 Å². The Morgan fingerprint density at radius 1 is 1.09 bits per heavy atom. The number of halogens is 1. The highest BCUT2D eigenvalue weighted by atomic mass is 35.5. The summed E-state index contributed by atoms with van der Waals surface area (Å²) in [5.41, 5.74) is -0.0424. The van der Waals surface area contributed by atoms with E-state index in [2.05, 4.69) is 10.4 Å². The minimum absolute atomic E-state index is 0.0382. The number of rotatable bonds is 8. The lowest BCUT2D eigenvalue weighted by Crippen LogP contribution is -2.29. The van der Waals surface area contributed by atoms with Crippen molar-refractivity contribution in [2.24, 2.45) is 5.92 Å². The van der Waals surface area contributed by atoms with E-state index in [1.54, 1.807) is 24.3 Å². The van der Waals surface area contributed by atoms with Crippen LogP contribution < -0.4 is 20.3 Å². The highest BCUT2D eigenvalue weighted by Crippen LogP contribution is 2.35. The number of benzene rings is 2. The van der Waals surface area contributed by atoms with E-state index in [9.17, 15) is 14.4 Å². The molecule has 0 atom stereocenters. The fourth-order valence-corrected chi connectivity index (χ4v) is 3.44. The van der Waals surface area contributed by atoms with Gasteiger partial charge in [-0.25, -0.2) is 9.48 Å². The van der Waals surface area contributed by atoms with Crippen LogP contribution in [0.3, 0.4) is 0 Å². The number of fused-ring (bicyclic) bond motifs is 1. The summed E-state index contributed by atoms with van der Waals surface area (Å²) in [6.45, 7) is 3.63. The molecule has 3 aromatic rings. The average molecular weight is 474 g/mol. The summed E-state index contributed by atoms with van der Waals surface area (Å²) in [4.78, 5) is 37.9. The largest absolute Gasteiger partial charge is 0.495 e. The summed E-state index contributed by atoms with van der Waals surface area (Å²) < 4.78 is 16.8. The van der Waals surface area contributed by atoms with E-state index in [-0.39, 0.29) is 22.2 Å². The molecule has 1 heterocycles. The Bertz CT molecular complexity index is 1250. The molecule has 9 nitrogen and oxygen atoms in total. The topological polar surface area (TPSA) is 109 Å². The molecule has 1 aromatic heterocycles. The lowest BCUT2D eigenvalue weighted by Gasteiger charge is -2.14. The first kappa shape index (κ1) is 24.1. The van der Waals surface area contributed by atoms with Gasteiger partial charge in [-0.15, -0.1) is 0 Å². The van der Waals surface area contributed by atoms with Gasteiger partial charge < -0.3 is 19.5 Å². The lowest BCUT2D eigenvalue weighted by atomic mass is 10.1. The van der Waals surface area contributed by atoms with Crippen molar-refractivity contribution < 1.29 is 23.8 Å². The van der Waals surface area contributed by atoms with Crippen LogP contribution in [0.15, 0.2) is 41.2 Å². The molecule has 0 aliphatic carbocycles. The molecule has 0 unspecified atom stereocenters. The van der Waals surface area contributed by atoms with Crippen molar-refractivity contribution in [1.82, 2.24) is 9.78 Å². The van der Waals surface area contributed by atoms with Gasteiger partial charge in [-0.3, -0.25) is 9.59 Å². The number of hydrogen-bond acceptors (Lipinski definition) is 7. The van der Waals surface area contributed by atoms with Crippen molar-refractivity contribution in [3.63, 3.8) is 0 Å². The maximum Gasteiger partial charge on any atom is 0.359 e. The highest BCUT2D eigenvalue weighted by Gasteiger charge is 2.20. The van der Waals surface area contributed by atoms with Gasteiger partial charge in [0.05, 0.1) is 30.3 Å². The smallest absolute Gasteiger partial charge is 0.359 e. The molecule has 0 spiro atoms. The second kappa shape index (κ2) is 10.4. The third kappa shape index (κ3) is 5.43. The van der Waals surface area contributed by atoms with E-state index in [0.29, 0.717) is 34.5 Å². The van der Waals surface area contributed by atoms with Crippen LogP contribution in [0.5, 0.6) is 11.5 Å². The molecule has 0 radical (unpaired) electrons. The van der Waals surface area contributed by atoms with Crippen LogP contribution in [0.1, 0.15) is 24.3 Å². The molecule has 0 aliphatic rings. The van der Waals surface area contributed by atoms with Crippen molar-refractivity contribution in [1.29, 1.82) is 0 Å². The first-order chi connectivity index (χ1) is 15.7. The molecule has 174 valence electrons. The number of carbonyl (C=O) groups is 2. The summed E-state index contributed by atoms with van der Waals surface area (Å²) in [6, 6.07) is 9.64. The van der Waals surface area contributed by atoms with E-state index in [1.165, 1.54) is 31.0 Å². The van der Waals surface area contributed by atoms with Crippen molar-refractivity contribution >= 4 is 39.9 Å². The number of ether oxygens (including phenoxy) is 3. The number of anilines is 1. The van der Waals surface area contributed by atoms with Crippen LogP contribution in [-0.4, -0.2) is 42.5 Å². The second-order valence-corrected chi connectivity index (χ2v) is 7.99. The van der Waals surface area contributed by atoms with Crippen LogP contribution in [0.2, 0.25) is 5.02 Å². The Hall–Kier alpha value is -3.59. The molecular weight excluding hydrogens is 450 g/mol. The minimum Gasteiger partial charge on any atom is -0.495 e. The third-order valence-corrected chi connectivity index (χ3v) is 4.98. The zero-order valence-corrected chi connectivity index (χ0v) is 19.4. The van der Waals surface area contributed by atoms with Gasteiger partial charge >= 0.3 is 5.97 Å². The van der Waals surface area contributed by atoms with Gasteiger partial charge in [-0.05, 0) is 18.1 Å². The van der Waals surface area contributed by atoms with Gasteiger partial charge in [-0.1, -0.05) is 43.6 Å². The van der Waals surface area contributed by atoms with Crippen molar-refractivity contribution in [2.45, 2.75) is 20.4 Å². The first-order valence-corrected chi connectivity index (χ1v) is 10.5. The van der Waals surface area contributed by atoms with Gasteiger partial charge in [0, 0.05) is 18.0 Å². The van der Waals surface area contributed by atoms with Gasteiger partial charge in [0.15, 0.2) is 12.3 Å². The van der Waals surface area contributed by atoms with Crippen LogP contribution in [-0.2, 0) is 16.1 Å². The molecule has 33 heavy (non-hydrogen) atoms. The Labute approximate surface area is 195 Å². The molecule has 2 aromatic carbocycles. The lowest BCUT2D eigenvalue weighted by molar-refractivity contribution is -0.119. The summed E-state index contributed by atoms with van der Waals surface area (Å²) in [5, 5.41) is 7.77. The Kier molecular flexibility index (Phi) is 7.55. The molecule has 0 saturated heterocycles. The number of hydrogen-bond donors (Lipinski definition) is 1.